The molecule has 0 aromatic heterocycles. The first-order valence-electron chi connectivity index (χ1n) is 7.25. The van der Waals surface area contributed by atoms with E-state index in [1.54, 1.807) is 0 Å². The van der Waals surface area contributed by atoms with Crippen LogP contribution in [-0.4, -0.2) is 29.8 Å². The fourth-order valence-corrected chi connectivity index (χ4v) is 2.31. The van der Waals surface area contributed by atoms with E-state index in [0.29, 0.717) is 6.61 Å². The van der Waals surface area contributed by atoms with E-state index in [4.69, 9.17) is 9.84 Å². The zero-order valence-electron chi connectivity index (χ0n) is 12.8. The van der Waals surface area contributed by atoms with Crippen molar-refractivity contribution in [1.29, 1.82) is 0 Å². The van der Waals surface area contributed by atoms with E-state index in [1.807, 2.05) is 33.8 Å². The van der Waals surface area contributed by atoms with Crippen molar-refractivity contribution >= 4 is 5.97 Å². The summed E-state index contributed by atoms with van der Waals surface area (Å²) in [5, 5.41) is 12.0. The molecule has 1 aromatic carbocycles. The van der Waals surface area contributed by atoms with Crippen LogP contribution in [0.25, 0.3) is 0 Å². The van der Waals surface area contributed by atoms with Gasteiger partial charge in [-0.2, -0.15) is 0 Å². The van der Waals surface area contributed by atoms with Crippen LogP contribution in [0.5, 0.6) is 5.75 Å². The summed E-state index contributed by atoms with van der Waals surface area (Å²) in [5.41, 5.74) is 2.38. The molecule has 4 heteroatoms. The molecule has 2 rings (SSSR count). The van der Waals surface area contributed by atoms with Crippen LogP contribution in [0.1, 0.15) is 38.3 Å². The van der Waals surface area contributed by atoms with Crippen LogP contribution in [0.4, 0.5) is 0 Å². The highest BCUT2D eigenvalue weighted by molar-refractivity contribution is 5.67. The van der Waals surface area contributed by atoms with Gasteiger partial charge in [-0.05, 0) is 37.5 Å². The third-order valence-corrected chi connectivity index (χ3v) is 3.13. The standard InChI is InChI=1S/C14H19NO3.C2H6/c1-9-3-4-11-7-12(8-18-13(11)5-9)15-10(2)6-14(16)17;1-2/h3-5,10,12,15H,6-8H2,1-2H3,(H,16,17);1-2H3. The molecule has 20 heavy (non-hydrogen) atoms. The van der Waals surface area contributed by atoms with Crippen molar-refractivity contribution in [3.8, 4) is 5.75 Å². The average molecular weight is 279 g/mol. The highest BCUT2D eigenvalue weighted by atomic mass is 16.5. The number of hydrogen-bond donors (Lipinski definition) is 2. The number of benzene rings is 1. The fraction of sp³-hybridized carbons (Fsp3) is 0.562. The summed E-state index contributed by atoms with van der Waals surface area (Å²) in [6, 6.07) is 6.36. The Morgan fingerprint density at radius 3 is 2.85 bits per heavy atom. The first-order valence-corrected chi connectivity index (χ1v) is 7.25. The summed E-state index contributed by atoms with van der Waals surface area (Å²) in [6.07, 6.45) is 1.02. The van der Waals surface area contributed by atoms with Crippen molar-refractivity contribution in [3.63, 3.8) is 0 Å². The van der Waals surface area contributed by atoms with Crippen LogP contribution < -0.4 is 10.1 Å². The van der Waals surface area contributed by atoms with Crippen LogP contribution in [0, 0.1) is 6.92 Å². The quantitative estimate of drug-likeness (QED) is 0.890. The fourth-order valence-electron chi connectivity index (χ4n) is 2.31. The minimum Gasteiger partial charge on any atom is -0.492 e. The number of fused-ring (bicyclic) bond motifs is 1. The summed E-state index contributed by atoms with van der Waals surface area (Å²) in [6.45, 7) is 8.53. The summed E-state index contributed by atoms with van der Waals surface area (Å²) < 4.78 is 5.71. The molecule has 2 N–H and O–H groups in total. The number of rotatable bonds is 4. The molecular weight excluding hydrogens is 254 g/mol. The van der Waals surface area contributed by atoms with Gasteiger partial charge in [-0.3, -0.25) is 4.79 Å². The molecule has 2 unspecified atom stereocenters. The largest absolute Gasteiger partial charge is 0.492 e. The van der Waals surface area contributed by atoms with Gasteiger partial charge >= 0.3 is 5.97 Å². The zero-order valence-corrected chi connectivity index (χ0v) is 12.8. The molecule has 2 atom stereocenters. The maximum absolute atomic E-state index is 10.6. The lowest BCUT2D eigenvalue weighted by molar-refractivity contribution is -0.137. The normalized spacial score (nSPS) is 18.1. The number of ether oxygens (including phenoxy) is 1. The van der Waals surface area contributed by atoms with Gasteiger partial charge in [0.25, 0.3) is 0 Å². The van der Waals surface area contributed by atoms with Gasteiger partial charge in [-0.1, -0.05) is 26.0 Å². The Morgan fingerprint density at radius 2 is 2.20 bits per heavy atom. The molecule has 1 aromatic rings. The van der Waals surface area contributed by atoms with E-state index < -0.39 is 5.97 Å². The molecule has 1 aliphatic rings. The molecule has 0 amide bonds. The SMILES string of the molecule is CC.Cc1ccc2c(c1)OCC(NC(C)CC(=O)O)C2. The van der Waals surface area contributed by atoms with E-state index in [1.165, 1.54) is 11.1 Å². The lowest BCUT2D eigenvalue weighted by Gasteiger charge is -2.28. The Hall–Kier alpha value is -1.55. The zero-order chi connectivity index (χ0) is 15.1. The number of nitrogens with one attached hydrogen (secondary N) is 1. The first-order chi connectivity index (χ1) is 9.54. The number of carboxylic acid groups (broad SMARTS) is 1. The highest BCUT2D eigenvalue weighted by Gasteiger charge is 2.21. The van der Waals surface area contributed by atoms with E-state index in [2.05, 4.69) is 17.4 Å². The lowest BCUT2D eigenvalue weighted by atomic mass is 10.0. The van der Waals surface area contributed by atoms with Gasteiger partial charge in [0.15, 0.2) is 0 Å². The summed E-state index contributed by atoms with van der Waals surface area (Å²) in [5.74, 6) is 0.182. The molecule has 4 nitrogen and oxygen atoms in total. The van der Waals surface area contributed by atoms with E-state index >= 15 is 0 Å². The second-order valence-electron chi connectivity index (χ2n) is 4.99. The monoisotopic (exact) mass is 279 g/mol. The lowest BCUT2D eigenvalue weighted by Crippen LogP contribution is -2.44. The second kappa shape index (κ2) is 7.90. The van der Waals surface area contributed by atoms with Gasteiger partial charge in [0.2, 0.25) is 0 Å². The maximum atomic E-state index is 10.6. The molecule has 0 spiro atoms. The molecule has 1 aliphatic heterocycles. The molecule has 0 saturated carbocycles. The molecule has 112 valence electrons. The van der Waals surface area contributed by atoms with E-state index in [-0.39, 0.29) is 18.5 Å². The topological polar surface area (TPSA) is 58.6 Å². The van der Waals surface area contributed by atoms with Crippen LogP contribution >= 0.6 is 0 Å². The van der Waals surface area contributed by atoms with Crippen LogP contribution in [0.15, 0.2) is 18.2 Å². The number of aryl methyl sites for hydroxylation is 1. The van der Waals surface area contributed by atoms with Gasteiger partial charge in [0.1, 0.15) is 12.4 Å². The number of carboxylic acids is 1. The summed E-state index contributed by atoms with van der Waals surface area (Å²) >= 11 is 0. The van der Waals surface area contributed by atoms with Crippen LogP contribution in [0.2, 0.25) is 0 Å². The van der Waals surface area contributed by atoms with Crippen molar-refractivity contribution in [2.24, 2.45) is 0 Å². The Morgan fingerprint density at radius 1 is 1.50 bits per heavy atom. The summed E-state index contributed by atoms with van der Waals surface area (Å²) in [4.78, 5) is 10.6. The van der Waals surface area contributed by atoms with Crippen molar-refractivity contribution in [2.75, 3.05) is 6.61 Å². The number of carbonyl (C=O) groups is 1. The molecule has 0 aliphatic carbocycles. The minimum atomic E-state index is -0.775. The Balaban J connectivity index is 0.000000956. The molecular formula is C16H25NO3. The molecule has 0 fully saturated rings. The minimum absolute atomic E-state index is 0.0388. The Kier molecular flexibility index (Phi) is 6.52. The van der Waals surface area contributed by atoms with Gasteiger partial charge in [0.05, 0.1) is 6.42 Å². The smallest absolute Gasteiger partial charge is 0.304 e. The van der Waals surface area contributed by atoms with Crippen molar-refractivity contribution in [1.82, 2.24) is 5.32 Å². The van der Waals surface area contributed by atoms with E-state index in [9.17, 15) is 4.79 Å². The van der Waals surface area contributed by atoms with Crippen LogP contribution in [0.3, 0.4) is 0 Å². The molecule has 0 saturated heterocycles. The highest BCUT2D eigenvalue weighted by Crippen LogP contribution is 2.25. The molecule has 1 heterocycles. The number of hydrogen-bond acceptors (Lipinski definition) is 3. The van der Waals surface area contributed by atoms with Crippen molar-refractivity contribution in [3.05, 3.63) is 29.3 Å². The third kappa shape index (κ3) is 4.85. The van der Waals surface area contributed by atoms with Gasteiger partial charge in [-0.25, -0.2) is 0 Å². The van der Waals surface area contributed by atoms with E-state index in [0.717, 1.165) is 12.2 Å². The van der Waals surface area contributed by atoms with Crippen molar-refractivity contribution in [2.45, 2.75) is 52.6 Å². The molecule has 0 bridgehead atoms. The predicted octanol–water partition coefficient (Wildman–Crippen LogP) is 2.78. The van der Waals surface area contributed by atoms with Gasteiger partial charge in [0, 0.05) is 12.1 Å². The maximum Gasteiger partial charge on any atom is 0.304 e. The Labute approximate surface area is 121 Å². The third-order valence-electron chi connectivity index (χ3n) is 3.13. The van der Waals surface area contributed by atoms with Crippen molar-refractivity contribution < 1.29 is 14.6 Å². The average Bonchev–Trinajstić information content (AvgIpc) is 2.40. The van der Waals surface area contributed by atoms with Gasteiger partial charge < -0.3 is 15.2 Å². The predicted molar refractivity (Wildman–Crippen MR) is 80.4 cm³/mol. The second-order valence-corrected chi connectivity index (χ2v) is 4.99. The van der Waals surface area contributed by atoms with Gasteiger partial charge in [-0.15, -0.1) is 0 Å². The first kappa shape index (κ1) is 16.5. The summed E-state index contributed by atoms with van der Waals surface area (Å²) in [7, 11) is 0. The Bertz CT molecular complexity index is 445. The number of aliphatic carboxylic acids is 1. The van der Waals surface area contributed by atoms with Crippen LogP contribution in [-0.2, 0) is 11.2 Å². The molecule has 0 radical (unpaired) electrons.